The number of ether oxygens (including phenoxy) is 1. The molecule has 23 heavy (non-hydrogen) atoms. The molecule has 3 heterocycles. The van der Waals surface area contributed by atoms with Gasteiger partial charge >= 0.3 is 0 Å². The van der Waals surface area contributed by atoms with Gasteiger partial charge in [-0.15, -0.1) is 0 Å². The molecular weight excluding hydrogens is 292 g/mol. The smallest absolute Gasteiger partial charge is 0.255 e. The first-order valence-corrected chi connectivity index (χ1v) is 7.80. The van der Waals surface area contributed by atoms with Crippen molar-refractivity contribution >= 4 is 5.91 Å². The van der Waals surface area contributed by atoms with Gasteiger partial charge in [0.05, 0.1) is 5.56 Å². The number of rotatable bonds is 3. The molecule has 1 amide bonds. The molecule has 0 bridgehead atoms. The van der Waals surface area contributed by atoms with Gasteiger partial charge < -0.3 is 9.64 Å². The third kappa shape index (κ3) is 3.64. The van der Waals surface area contributed by atoms with E-state index in [1.54, 1.807) is 24.5 Å². The maximum atomic E-state index is 12.6. The van der Waals surface area contributed by atoms with Crippen molar-refractivity contribution in [3.8, 4) is 5.88 Å². The van der Waals surface area contributed by atoms with Crippen LogP contribution in [0.25, 0.3) is 0 Å². The van der Waals surface area contributed by atoms with Crippen molar-refractivity contribution in [3.05, 3.63) is 47.7 Å². The molecule has 1 aliphatic heterocycles. The normalized spacial score (nSPS) is 15.5. The van der Waals surface area contributed by atoms with Gasteiger partial charge in [-0.05, 0) is 26.0 Å². The molecule has 2 aromatic heterocycles. The Labute approximate surface area is 135 Å². The third-order valence-corrected chi connectivity index (χ3v) is 4.00. The van der Waals surface area contributed by atoms with Crippen molar-refractivity contribution in [2.24, 2.45) is 0 Å². The number of hydrogen-bond donors (Lipinski definition) is 0. The maximum Gasteiger partial charge on any atom is 0.255 e. The predicted molar refractivity (Wildman–Crippen MR) is 85.3 cm³/mol. The number of carbonyl (C=O) groups is 1. The minimum absolute atomic E-state index is 0.0481. The van der Waals surface area contributed by atoms with Crippen LogP contribution in [0.4, 0.5) is 0 Å². The molecule has 0 N–H and O–H groups in total. The van der Waals surface area contributed by atoms with Crippen LogP contribution in [0, 0.1) is 13.8 Å². The summed E-state index contributed by atoms with van der Waals surface area (Å²) in [5.41, 5.74) is 1.45. The lowest BCUT2D eigenvalue weighted by molar-refractivity contribution is 0.0586. The summed E-state index contributed by atoms with van der Waals surface area (Å²) < 4.78 is 5.89. The number of pyridine rings is 1. The Hall–Kier alpha value is -2.50. The zero-order valence-corrected chi connectivity index (χ0v) is 13.4. The quantitative estimate of drug-likeness (QED) is 0.869. The fourth-order valence-electron chi connectivity index (χ4n) is 2.73. The number of carbonyl (C=O) groups excluding carboxylic acids is 1. The van der Waals surface area contributed by atoms with Crippen molar-refractivity contribution in [2.75, 3.05) is 13.1 Å². The first-order chi connectivity index (χ1) is 11.1. The lowest BCUT2D eigenvalue weighted by Gasteiger charge is -2.32. The maximum absolute atomic E-state index is 12.6. The molecule has 3 rings (SSSR count). The Kier molecular flexibility index (Phi) is 4.50. The van der Waals surface area contributed by atoms with E-state index in [4.69, 9.17) is 4.74 Å². The van der Waals surface area contributed by atoms with E-state index in [1.807, 2.05) is 24.8 Å². The third-order valence-electron chi connectivity index (χ3n) is 4.00. The summed E-state index contributed by atoms with van der Waals surface area (Å²) in [5.74, 6) is 1.35. The molecule has 0 unspecified atom stereocenters. The van der Waals surface area contributed by atoms with Crippen molar-refractivity contribution in [3.63, 3.8) is 0 Å². The van der Waals surface area contributed by atoms with Gasteiger partial charge in [0.2, 0.25) is 5.88 Å². The largest absolute Gasteiger partial charge is 0.474 e. The van der Waals surface area contributed by atoms with Crippen LogP contribution in [-0.4, -0.2) is 45.0 Å². The van der Waals surface area contributed by atoms with Crippen molar-refractivity contribution in [1.29, 1.82) is 0 Å². The highest BCUT2D eigenvalue weighted by molar-refractivity contribution is 5.95. The van der Waals surface area contributed by atoms with E-state index in [2.05, 4.69) is 15.0 Å². The highest BCUT2D eigenvalue weighted by Gasteiger charge is 2.25. The summed E-state index contributed by atoms with van der Waals surface area (Å²) in [6.45, 7) is 5.06. The molecule has 120 valence electrons. The molecule has 6 nitrogen and oxygen atoms in total. The van der Waals surface area contributed by atoms with Crippen LogP contribution in [0.5, 0.6) is 5.88 Å². The Morgan fingerprint density at radius 2 is 1.96 bits per heavy atom. The number of hydrogen-bond acceptors (Lipinski definition) is 5. The second-order valence-corrected chi connectivity index (χ2v) is 5.69. The standard InChI is InChI=1S/C17H20N4O2/c1-12-15(4-3-8-18-12)17(22)21-10-6-14(7-11-21)23-16-5-9-19-13(2)20-16/h3-5,8-9,14H,6-7,10-11H2,1-2H3. The van der Waals surface area contributed by atoms with Crippen LogP contribution in [-0.2, 0) is 0 Å². The Bertz CT molecular complexity index is 696. The molecule has 2 aromatic rings. The topological polar surface area (TPSA) is 68.2 Å². The molecule has 0 aliphatic carbocycles. The van der Waals surface area contributed by atoms with E-state index in [1.165, 1.54) is 0 Å². The number of aryl methyl sites for hydroxylation is 2. The SMILES string of the molecule is Cc1nccc(OC2CCN(C(=O)c3cccnc3C)CC2)n1. The zero-order chi connectivity index (χ0) is 16.2. The van der Waals surface area contributed by atoms with Gasteiger partial charge in [0, 0.05) is 50.1 Å². The van der Waals surface area contributed by atoms with E-state index < -0.39 is 0 Å². The summed E-state index contributed by atoms with van der Waals surface area (Å²) in [4.78, 5) is 26.9. The van der Waals surface area contributed by atoms with Gasteiger partial charge in [-0.1, -0.05) is 0 Å². The summed E-state index contributed by atoms with van der Waals surface area (Å²) in [7, 11) is 0. The number of piperidine rings is 1. The van der Waals surface area contributed by atoms with E-state index in [0.717, 1.165) is 18.5 Å². The van der Waals surface area contributed by atoms with E-state index >= 15 is 0 Å². The van der Waals surface area contributed by atoms with E-state index in [0.29, 0.717) is 30.4 Å². The van der Waals surface area contributed by atoms with Crippen LogP contribution in [0.1, 0.15) is 34.7 Å². The van der Waals surface area contributed by atoms with Crippen molar-refractivity contribution in [2.45, 2.75) is 32.8 Å². The second-order valence-electron chi connectivity index (χ2n) is 5.69. The molecule has 0 spiro atoms. The molecule has 6 heteroatoms. The minimum Gasteiger partial charge on any atom is -0.474 e. The van der Waals surface area contributed by atoms with Gasteiger partial charge in [0.25, 0.3) is 5.91 Å². The number of aromatic nitrogens is 3. The molecule has 0 saturated carbocycles. The van der Waals surface area contributed by atoms with Crippen LogP contribution in [0.2, 0.25) is 0 Å². The first-order valence-electron chi connectivity index (χ1n) is 7.80. The number of amides is 1. The predicted octanol–water partition coefficient (Wildman–Crippen LogP) is 2.17. The number of nitrogens with zero attached hydrogens (tertiary/aromatic N) is 4. The summed E-state index contributed by atoms with van der Waals surface area (Å²) in [6.07, 6.45) is 5.09. The van der Waals surface area contributed by atoms with Gasteiger partial charge in [0.15, 0.2) is 0 Å². The summed E-state index contributed by atoms with van der Waals surface area (Å²) >= 11 is 0. The van der Waals surface area contributed by atoms with Crippen molar-refractivity contribution in [1.82, 2.24) is 19.9 Å². The van der Waals surface area contributed by atoms with Gasteiger partial charge in [-0.3, -0.25) is 9.78 Å². The highest BCUT2D eigenvalue weighted by atomic mass is 16.5. The van der Waals surface area contributed by atoms with Crippen LogP contribution in [0.15, 0.2) is 30.6 Å². The highest BCUT2D eigenvalue weighted by Crippen LogP contribution is 2.19. The zero-order valence-electron chi connectivity index (χ0n) is 13.4. The molecular formula is C17H20N4O2. The molecule has 0 radical (unpaired) electrons. The van der Waals surface area contributed by atoms with Crippen LogP contribution in [0.3, 0.4) is 0 Å². The number of likely N-dealkylation sites (tertiary alicyclic amines) is 1. The van der Waals surface area contributed by atoms with Gasteiger partial charge in [-0.25, -0.2) is 4.98 Å². The average Bonchev–Trinajstić information content (AvgIpc) is 2.55. The Morgan fingerprint density at radius 3 is 2.65 bits per heavy atom. The Morgan fingerprint density at radius 1 is 1.17 bits per heavy atom. The lowest BCUT2D eigenvalue weighted by atomic mass is 10.1. The lowest BCUT2D eigenvalue weighted by Crippen LogP contribution is -2.42. The summed E-state index contributed by atoms with van der Waals surface area (Å²) in [6, 6.07) is 5.40. The van der Waals surface area contributed by atoms with Crippen molar-refractivity contribution < 1.29 is 9.53 Å². The molecule has 0 atom stereocenters. The minimum atomic E-state index is 0.0481. The second kappa shape index (κ2) is 6.73. The van der Waals surface area contributed by atoms with Gasteiger partial charge in [0.1, 0.15) is 11.9 Å². The fraction of sp³-hybridized carbons (Fsp3) is 0.412. The molecule has 1 fully saturated rings. The monoisotopic (exact) mass is 312 g/mol. The van der Waals surface area contributed by atoms with Crippen LogP contribution < -0.4 is 4.74 Å². The average molecular weight is 312 g/mol. The van der Waals surface area contributed by atoms with Gasteiger partial charge in [-0.2, -0.15) is 4.98 Å². The Balaban J connectivity index is 1.58. The van der Waals surface area contributed by atoms with Crippen LogP contribution >= 0.6 is 0 Å². The molecule has 0 aromatic carbocycles. The van der Waals surface area contributed by atoms with E-state index in [9.17, 15) is 4.79 Å². The fourth-order valence-corrected chi connectivity index (χ4v) is 2.73. The first kappa shape index (κ1) is 15.4. The molecule has 1 saturated heterocycles. The van der Waals surface area contributed by atoms with E-state index in [-0.39, 0.29) is 12.0 Å². The summed E-state index contributed by atoms with van der Waals surface area (Å²) in [5, 5.41) is 0. The molecule has 1 aliphatic rings.